The molecule has 2 aromatic rings. The first-order chi connectivity index (χ1) is 12.0. The van der Waals surface area contributed by atoms with Crippen molar-refractivity contribution >= 4 is 11.7 Å². The van der Waals surface area contributed by atoms with E-state index in [9.17, 15) is 9.90 Å². The summed E-state index contributed by atoms with van der Waals surface area (Å²) in [6.45, 7) is 4.87. The zero-order valence-corrected chi connectivity index (χ0v) is 15.2. The van der Waals surface area contributed by atoms with E-state index in [1.165, 1.54) is 0 Å². The number of amides is 2. The summed E-state index contributed by atoms with van der Waals surface area (Å²) >= 11 is 0. The Morgan fingerprint density at radius 1 is 1.32 bits per heavy atom. The van der Waals surface area contributed by atoms with Crippen LogP contribution >= 0.6 is 0 Å². The van der Waals surface area contributed by atoms with Crippen LogP contribution in [-0.2, 0) is 7.05 Å². The Labute approximate surface area is 149 Å². The maximum Gasteiger partial charge on any atom is 0.319 e. The summed E-state index contributed by atoms with van der Waals surface area (Å²) in [5, 5.41) is 15.1. The van der Waals surface area contributed by atoms with Gasteiger partial charge in [-0.2, -0.15) is 0 Å². The molecular weight excluding hydrogens is 316 g/mol. The van der Waals surface area contributed by atoms with Gasteiger partial charge in [-0.25, -0.2) is 9.78 Å². The molecule has 0 saturated heterocycles. The Hall–Kier alpha value is -2.34. The smallest absolute Gasteiger partial charge is 0.319 e. The monoisotopic (exact) mass is 344 g/mol. The number of hydrogen-bond donors (Lipinski definition) is 3. The number of urea groups is 1. The van der Waals surface area contributed by atoms with Crippen molar-refractivity contribution in [2.24, 2.45) is 12.5 Å². The largest absolute Gasteiger partial charge is 0.396 e. The van der Waals surface area contributed by atoms with E-state index in [1.807, 2.05) is 42.1 Å². The molecule has 6 heteroatoms. The fraction of sp³-hybridized carbons (Fsp3) is 0.474. The predicted octanol–water partition coefficient (Wildman–Crippen LogP) is 3.40. The van der Waals surface area contributed by atoms with Crippen molar-refractivity contribution in [3.63, 3.8) is 0 Å². The molecule has 0 saturated carbocycles. The molecule has 0 atom stereocenters. The Bertz CT molecular complexity index is 692. The van der Waals surface area contributed by atoms with Gasteiger partial charge in [0.2, 0.25) is 0 Å². The molecule has 136 valence electrons. The van der Waals surface area contributed by atoms with Gasteiger partial charge in [-0.15, -0.1) is 0 Å². The standard InChI is InChI=1S/C19H28N4O2/c1-4-19(5-2,9-12-24)14-21-18(25)22-16-8-6-7-15(13-16)17-20-10-11-23(17)3/h6-8,10-11,13,24H,4-5,9,12,14H2,1-3H3,(H2,21,22,25). The molecule has 1 aromatic heterocycles. The molecule has 0 aliphatic carbocycles. The Morgan fingerprint density at radius 3 is 2.68 bits per heavy atom. The van der Waals surface area contributed by atoms with Crippen LogP contribution in [0.15, 0.2) is 36.7 Å². The number of hydrogen-bond acceptors (Lipinski definition) is 3. The molecule has 0 aliphatic heterocycles. The maximum absolute atomic E-state index is 12.3. The molecule has 2 rings (SSSR count). The highest BCUT2D eigenvalue weighted by atomic mass is 16.3. The maximum atomic E-state index is 12.3. The predicted molar refractivity (Wildman–Crippen MR) is 100 cm³/mol. The molecule has 0 spiro atoms. The number of rotatable bonds is 8. The molecule has 0 bridgehead atoms. The molecule has 3 N–H and O–H groups in total. The number of benzene rings is 1. The average molecular weight is 344 g/mol. The first-order valence-electron chi connectivity index (χ1n) is 8.77. The van der Waals surface area contributed by atoms with Crippen LogP contribution in [0.3, 0.4) is 0 Å². The van der Waals surface area contributed by atoms with E-state index >= 15 is 0 Å². The molecule has 0 unspecified atom stereocenters. The molecule has 25 heavy (non-hydrogen) atoms. The highest BCUT2D eigenvalue weighted by molar-refractivity contribution is 5.89. The van der Waals surface area contributed by atoms with Crippen LogP contribution in [0, 0.1) is 5.41 Å². The molecular formula is C19H28N4O2. The second-order valence-electron chi connectivity index (χ2n) is 6.43. The van der Waals surface area contributed by atoms with Gasteiger partial charge >= 0.3 is 6.03 Å². The number of anilines is 1. The lowest BCUT2D eigenvalue weighted by molar-refractivity contribution is 0.165. The number of carbonyl (C=O) groups is 1. The fourth-order valence-corrected chi connectivity index (χ4v) is 3.00. The number of carbonyl (C=O) groups excluding carboxylic acids is 1. The Morgan fingerprint density at radius 2 is 2.08 bits per heavy atom. The molecule has 0 radical (unpaired) electrons. The molecule has 6 nitrogen and oxygen atoms in total. The lowest BCUT2D eigenvalue weighted by Gasteiger charge is -2.31. The highest BCUT2D eigenvalue weighted by Crippen LogP contribution is 2.29. The summed E-state index contributed by atoms with van der Waals surface area (Å²) in [4.78, 5) is 16.6. The number of aromatic nitrogens is 2. The van der Waals surface area contributed by atoms with Crippen molar-refractivity contribution in [2.75, 3.05) is 18.5 Å². The van der Waals surface area contributed by atoms with Gasteiger partial charge in [0.25, 0.3) is 0 Å². The minimum atomic E-state index is -0.235. The lowest BCUT2D eigenvalue weighted by Crippen LogP contribution is -2.39. The van der Waals surface area contributed by atoms with E-state index in [1.54, 1.807) is 6.20 Å². The normalized spacial score (nSPS) is 11.4. The van der Waals surface area contributed by atoms with Crippen LogP contribution < -0.4 is 10.6 Å². The van der Waals surface area contributed by atoms with Crippen LogP contribution in [-0.4, -0.2) is 33.8 Å². The molecule has 2 amide bonds. The first-order valence-corrected chi connectivity index (χ1v) is 8.77. The third-order valence-electron chi connectivity index (χ3n) is 4.97. The van der Waals surface area contributed by atoms with Crippen molar-refractivity contribution in [1.29, 1.82) is 0 Å². The minimum Gasteiger partial charge on any atom is -0.396 e. The first kappa shape index (κ1) is 19.0. The van der Waals surface area contributed by atoms with Crippen LogP contribution in [0.1, 0.15) is 33.1 Å². The quantitative estimate of drug-likeness (QED) is 0.687. The van der Waals surface area contributed by atoms with Crippen molar-refractivity contribution in [1.82, 2.24) is 14.9 Å². The number of aryl methyl sites for hydroxylation is 1. The van der Waals surface area contributed by atoms with E-state index in [2.05, 4.69) is 29.5 Å². The Balaban J connectivity index is 2.00. The zero-order chi connectivity index (χ0) is 18.3. The molecule has 0 aliphatic rings. The van der Waals surface area contributed by atoms with Crippen LogP contribution in [0.25, 0.3) is 11.4 Å². The van der Waals surface area contributed by atoms with Crippen molar-refractivity contribution in [3.05, 3.63) is 36.7 Å². The van der Waals surface area contributed by atoms with Gasteiger partial charge in [0, 0.05) is 43.8 Å². The average Bonchev–Trinajstić information content (AvgIpc) is 3.05. The fourth-order valence-electron chi connectivity index (χ4n) is 3.00. The summed E-state index contributed by atoms with van der Waals surface area (Å²) in [7, 11) is 1.94. The SMILES string of the molecule is CCC(CC)(CCO)CNC(=O)Nc1cccc(-c2nccn2C)c1. The molecule has 1 aromatic carbocycles. The summed E-state index contributed by atoms with van der Waals surface area (Å²) in [5.41, 5.74) is 1.61. The van der Waals surface area contributed by atoms with Gasteiger partial charge < -0.3 is 20.3 Å². The number of nitrogens with one attached hydrogen (secondary N) is 2. The van der Waals surface area contributed by atoms with Gasteiger partial charge in [0.15, 0.2) is 0 Å². The van der Waals surface area contributed by atoms with Crippen LogP contribution in [0.5, 0.6) is 0 Å². The number of imidazole rings is 1. The highest BCUT2D eigenvalue weighted by Gasteiger charge is 2.26. The van der Waals surface area contributed by atoms with Crippen molar-refractivity contribution in [2.45, 2.75) is 33.1 Å². The molecule has 0 fully saturated rings. The third kappa shape index (κ3) is 4.82. The summed E-state index contributed by atoms with van der Waals surface area (Å²) < 4.78 is 1.94. The second kappa shape index (κ2) is 8.67. The molecule has 1 heterocycles. The van der Waals surface area contributed by atoms with Crippen LogP contribution in [0.2, 0.25) is 0 Å². The zero-order valence-electron chi connectivity index (χ0n) is 15.2. The van der Waals surface area contributed by atoms with Gasteiger partial charge in [-0.1, -0.05) is 26.0 Å². The topological polar surface area (TPSA) is 79.2 Å². The van der Waals surface area contributed by atoms with Crippen LogP contribution in [0.4, 0.5) is 10.5 Å². The van der Waals surface area contributed by atoms with Gasteiger partial charge in [0.1, 0.15) is 5.82 Å². The van der Waals surface area contributed by atoms with E-state index in [4.69, 9.17) is 0 Å². The second-order valence-corrected chi connectivity index (χ2v) is 6.43. The summed E-state index contributed by atoms with van der Waals surface area (Å²) in [5.74, 6) is 0.850. The number of aliphatic hydroxyl groups excluding tert-OH is 1. The van der Waals surface area contributed by atoms with E-state index in [-0.39, 0.29) is 18.1 Å². The van der Waals surface area contributed by atoms with E-state index in [0.717, 1.165) is 29.9 Å². The van der Waals surface area contributed by atoms with Gasteiger partial charge in [0.05, 0.1) is 0 Å². The van der Waals surface area contributed by atoms with Crippen molar-refractivity contribution in [3.8, 4) is 11.4 Å². The Kier molecular flexibility index (Phi) is 6.58. The minimum absolute atomic E-state index is 0.0547. The summed E-state index contributed by atoms with van der Waals surface area (Å²) in [6, 6.07) is 7.38. The number of nitrogens with zero attached hydrogens (tertiary/aromatic N) is 2. The number of aliphatic hydroxyl groups is 1. The summed E-state index contributed by atoms with van der Waals surface area (Å²) in [6.07, 6.45) is 6.16. The van der Waals surface area contributed by atoms with E-state index < -0.39 is 0 Å². The third-order valence-corrected chi connectivity index (χ3v) is 4.97. The van der Waals surface area contributed by atoms with Crippen molar-refractivity contribution < 1.29 is 9.90 Å². The van der Waals surface area contributed by atoms with E-state index in [0.29, 0.717) is 13.0 Å². The van der Waals surface area contributed by atoms with Gasteiger partial charge in [-0.3, -0.25) is 0 Å². The van der Waals surface area contributed by atoms with Gasteiger partial charge in [-0.05, 0) is 36.8 Å². The lowest BCUT2D eigenvalue weighted by atomic mass is 9.79.